The number of hydrogen-bond acceptors (Lipinski definition) is 3. The fourth-order valence-corrected chi connectivity index (χ4v) is 3.28. The topological polar surface area (TPSA) is 34.0 Å². The number of alkyl halides is 1. The molecule has 3 heterocycles. The Morgan fingerprint density at radius 1 is 1.14 bits per heavy atom. The molecule has 0 aliphatic carbocycles. The lowest BCUT2D eigenvalue weighted by atomic mass is 10.3. The third-order valence-electron chi connectivity index (χ3n) is 4.18. The van der Waals surface area contributed by atoms with Crippen molar-refractivity contribution in [1.82, 2.24) is 19.4 Å². The molecule has 1 saturated heterocycles. The van der Waals surface area contributed by atoms with E-state index in [4.69, 9.17) is 16.6 Å². The van der Waals surface area contributed by atoms with E-state index in [0.717, 1.165) is 42.1 Å². The SMILES string of the molecule is Cc1ccc2nc(CCCl)n(CCCN3CCCC3)c2n1. The summed E-state index contributed by atoms with van der Waals surface area (Å²) in [6.45, 7) is 6.71. The molecule has 0 N–H and O–H groups in total. The molecule has 1 aliphatic rings. The third kappa shape index (κ3) is 3.38. The Balaban J connectivity index is 1.77. The number of likely N-dealkylation sites (tertiary alicyclic amines) is 1. The van der Waals surface area contributed by atoms with E-state index in [9.17, 15) is 0 Å². The minimum Gasteiger partial charge on any atom is -0.313 e. The molecule has 0 spiro atoms. The standard InChI is InChI=1S/C16H23ClN4/c1-13-5-6-14-16(18-13)21(15(19-14)7-8-17)12-4-11-20-9-2-3-10-20/h5-6H,2-4,7-12H2,1H3. The van der Waals surface area contributed by atoms with Crippen LogP contribution in [-0.2, 0) is 13.0 Å². The molecule has 0 atom stereocenters. The molecular weight excluding hydrogens is 284 g/mol. The van der Waals surface area contributed by atoms with Crippen LogP contribution in [0.15, 0.2) is 12.1 Å². The van der Waals surface area contributed by atoms with Crippen LogP contribution in [0.25, 0.3) is 11.2 Å². The molecule has 21 heavy (non-hydrogen) atoms. The van der Waals surface area contributed by atoms with Crippen LogP contribution in [-0.4, -0.2) is 44.9 Å². The van der Waals surface area contributed by atoms with E-state index in [1.165, 1.54) is 32.5 Å². The fraction of sp³-hybridized carbons (Fsp3) is 0.625. The minimum absolute atomic E-state index is 0.606. The highest BCUT2D eigenvalue weighted by atomic mass is 35.5. The van der Waals surface area contributed by atoms with Crippen molar-refractivity contribution in [2.24, 2.45) is 0 Å². The minimum atomic E-state index is 0.606. The summed E-state index contributed by atoms with van der Waals surface area (Å²) >= 11 is 5.92. The molecule has 2 aromatic rings. The first-order valence-electron chi connectivity index (χ1n) is 7.89. The van der Waals surface area contributed by atoms with Gasteiger partial charge in [-0.25, -0.2) is 9.97 Å². The van der Waals surface area contributed by atoms with Crippen LogP contribution >= 0.6 is 11.6 Å². The number of aryl methyl sites for hydroxylation is 3. The zero-order valence-corrected chi connectivity index (χ0v) is 13.4. The van der Waals surface area contributed by atoms with Gasteiger partial charge in [-0.3, -0.25) is 0 Å². The van der Waals surface area contributed by atoms with Gasteiger partial charge in [-0.1, -0.05) is 0 Å². The summed E-state index contributed by atoms with van der Waals surface area (Å²) in [6, 6.07) is 4.08. The molecule has 114 valence electrons. The molecule has 0 radical (unpaired) electrons. The predicted molar refractivity (Wildman–Crippen MR) is 87.0 cm³/mol. The Morgan fingerprint density at radius 2 is 1.95 bits per heavy atom. The maximum absolute atomic E-state index is 5.92. The second-order valence-electron chi connectivity index (χ2n) is 5.82. The Hall–Kier alpha value is -1.13. The van der Waals surface area contributed by atoms with Gasteiger partial charge in [0.2, 0.25) is 0 Å². The first-order valence-corrected chi connectivity index (χ1v) is 8.42. The van der Waals surface area contributed by atoms with Crippen molar-refractivity contribution in [1.29, 1.82) is 0 Å². The Bertz CT molecular complexity index is 602. The van der Waals surface area contributed by atoms with Gasteiger partial charge >= 0.3 is 0 Å². The van der Waals surface area contributed by atoms with Gasteiger partial charge in [-0.2, -0.15) is 0 Å². The summed E-state index contributed by atoms with van der Waals surface area (Å²) in [5, 5.41) is 0. The summed E-state index contributed by atoms with van der Waals surface area (Å²) in [5.41, 5.74) is 3.04. The largest absolute Gasteiger partial charge is 0.313 e. The van der Waals surface area contributed by atoms with E-state index in [0.29, 0.717) is 5.88 Å². The maximum atomic E-state index is 5.92. The number of pyridine rings is 1. The number of nitrogens with zero attached hydrogens (tertiary/aromatic N) is 4. The number of rotatable bonds is 6. The quantitative estimate of drug-likeness (QED) is 0.769. The van der Waals surface area contributed by atoms with Gasteiger partial charge in [0, 0.05) is 24.5 Å². The van der Waals surface area contributed by atoms with Gasteiger partial charge in [0.05, 0.1) is 0 Å². The smallest absolute Gasteiger partial charge is 0.160 e. The lowest BCUT2D eigenvalue weighted by Crippen LogP contribution is -2.22. The highest BCUT2D eigenvalue weighted by Gasteiger charge is 2.14. The van der Waals surface area contributed by atoms with E-state index in [1.807, 2.05) is 13.0 Å². The maximum Gasteiger partial charge on any atom is 0.160 e. The van der Waals surface area contributed by atoms with Crippen LogP contribution in [0, 0.1) is 6.92 Å². The molecular formula is C16H23ClN4. The van der Waals surface area contributed by atoms with Crippen LogP contribution in [0.3, 0.4) is 0 Å². The Labute approximate surface area is 131 Å². The van der Waals surface area contributed by atoms with Gasteiger partial charge < -0.3 is 9.47 Å². The molecule has 0 amide bonds. The molecule has 0 saturated carbocycles. The summed E-state index contributed by atoms with van der Waals surface area (Å²) in [5.74, 6) is 1.67. The summed E-state index contributed by atoms with van der Waals surface area (Å²) in [7, 11) is 0. The van der Waals surface area contributed by atoms with Crippen molar-refractivity contribution in [2.45, 2.75) is 39.2 Å². The van der Waals surface area contributed by atoms with Gasteiger partial charge in [-0.05, 0) is 58.0 Å². The summed E-state index contributed by atoms with van der Waals surface area (Å²) in [4.78, 5) is 11.9. The van der Waals surface area contributed by atoms with Crippen LogP contribution in [0.5, 0.6) is 0 Å². The number of hydrogen-bond donors (Lipinski definition) is 0. The molecule has 0 aromatic carbocycles. The third-order valence-corrected chi connectivity index (χ3v) is 4.37. The van der Waals surface area contributed by atoms with Gasteiger partial charge in [0.1, 0.15) is 11.3 Å². The monoisotopic (exact) mass is 306 g/mol. The second-order valence-corrected chi connectivity index (χ2v) is 6.19. The van der Waals surface area contributed by atoms with Crippen molar-refractivity contribution in [2.75, 3.05) is 25.5 Å². The summed E-state index contributed by atoms with van der Waals surface area (Å²) in [6.07, 6.45) is 4.66. The van der Waals surface area contributed by atoms with Gasteiger partial charge in [0.15, 0.2) is 5.65 Å². The molecule has 2 aromatic heterocycles. The normalized spacial score (nSPS) is 16.1. The van der Waals surface area contributed by atoms with Crippen molar-refractivity contribution in [3.63, 3.8) is 0 Å². The van der Waals surface area contributed by atoms with E-state index in [1.54, 1.807) is 0 Å². The first-order chi connectivity index (χ1) is 10.3. The Kier molecular flexibility index (Phi) is 4.76. The van der Waals surface area contributed by atoms with Crippen molar-refractivity contribution >= 4 is 22.8 Å². The molecule has 0 bridgehead atoms. The molecule has 4 nitrogen and oxygen atoms in total. The van der Waals surface area contributed by atoms with Crippen LogP contribution in [0.1, 0.15) is 30.8 Å². The average Bonchev–Trinajstić information content (AvgIpc) is 3.08. The highest BCUT2D eigenvalue weighted by molar-refractivity contribution is 6.17. The van der Waals surface area contributed by atoms with Crippen LogP contribution in [0.4, 0.5) is 0 Å². The molecule has 1 aliphatic heterocycles. The zero-order chi connectivity index (χ0) is 14.7. The molecule has 1 fully saturated rings. The number of fused-ring (bicyclic) bond motifs is 1. The second kappa shape index (κ2) is 6.75. The first kappa shape index (κ1) is 14.8. The van der Waals surface area contributed by atoms with Crippen LogP contribution < -0.4 is 0 Å². The fourth-order valence-electron chi connectivity index (χ4n) is 3.11. The average molecular weight is 307 g/mol. The molecule has 0 unspecified atom stereocenters. The van der Waals surface area contributed by atoms with Gasteiger partial charge in [0.25, 0.3) is 0 Å². The highest BCUT2D eigenvalue weighted by Crippen LogP contribution is 2.17. The number of aromatic nitrogens is 3. The van der Waals surface area contributed by atoms with Crippen molar-refractivity contribution in [3.05, 3.63) is 23.7 Å². The number of halogens is 1. The van der Waals surface area contributed by atoms with Crippen molar-refractivity contribution in [3.8, 4) is 0 Å². The zero-order valence-electron chi connectivity index (χ0n) is 12.7. The number of imidazole rings is 1. The van der Waals surface area contributed by atoms with Gasteiger partial charge in [-0.15, -0.1) is 11.6 Å². The predicted octanol–water partition coefficient (Wildman–Crippen LogP) is 3.01. The lowest BCUT2D eigenvalue weighted by molar-refractivity contribution is 0.325. The summed E-state index contributed by atoms with van der Waals surface area (Å²) < 4.78 is 2.26. The van der Waals surface area contributed by atoms with E-state index >= 15 is 0 Å². The Morgan fingerprint density at radius 3 is 2.71 bits per heavy atom. The molecule has 3 rings (SSSR count). The van der Waals surface area contributed by atoms with E-state index in [2.05, 4.69) is 20.5 Å². The van der Waals surface area contributed by atoms with Crippen LogP contribution in [0.2, 0.25) is 0 Å². The van der Waals surface area contributed by atoms with E-state index < -0.39 is 0 Å². The molecule has 5 heteroatoms. The lowest BCUT2D eigenvalue weighted by Gasteiger charge is -2.15. The van der Waals surface area contributed by atoms with E-state index in [-0.39, 0.29) is 0 Å². The van der Waals surface area contributed by atoms with Crippen molar-refractivity contribution < 1.29 is 0 Å².